The van der Waals surface area contributed by atoms with Gasteiger partial charge in [-0.25, -0.2) is 9.97 Å². The summed E-state index contributed by atoms with van der Waals surface area (Å²) in [7, 11) is 0. The molecule has 4 heterocycles. The van der Waals surface area contributed by atoms with Crippen LogP contribution in [0, 0.1) is 5.95 Å². The number of halogens is 1. The van der Waals surface area contributed by atoms with Crippen molar-refractivity contribution in [2.75, 3.05) is 0 Å². The summed E-state index contributed by atoms with van der Waals surface area (Å²) < 4.78 is 14.0. The van der Waals surface area contributed by atoms with E-state index in [0.29, 0.717) is 18.5 Å². The summed E-state index contributed by atoms with van der Waals surface area (Å²) in [6.07, 6.45) is 8.01. The van der Waals surface area contributed by atoms with Crippen LogP contribution in [0.3, 0.4) is 0 Å². The van der Waals surface area contributed by atoms with Crippen molar-refractivity contribution in [3.05, 3.63) is 54.1 Å². The van der Waals surface area contributed by atoms with Crippen LogP contribution in [-0.2, 0) is 5.60 Å². The van der Waals surface area contributed by atoms with E-state index in [2.05, 4.69) is 15.0 Å². The molecule has 0 aliphatic carbocycles. The zero-order valence-corrected chi connectivity index (χ0v) is 13.0. The third-order valence-corrected chi connectivity index (χ3v) is 5.04. The number of fused-ring (bicyclic) bond motifs is 2. The Labute approximate surface area is 138 Å². The van der Waals surface area contributed by atoms with Crippen LogP contribution < -0.4 is 0 Å². The molecule has 0 aromatic carbocycles. The van der Waals surface area contributed by atoms with E-state index in [0.717, 1.165) is 12.8 Å². The van der Waals surface area contributed by atoms with Crippen molar-refractivity contribution < 1.29 is 14.3 Å². The Bertz CT molecular complexity index is 756. The van der Waals surface area contributed by atoms with Gasteiger partial charge < -0.3 is 10.0 Å². The fourth-order valence-electron chi connectivity index (χ4n) is 4.05. The lowest BCUT2D eigenvalue weighted by atomic mass is 9.81. The van der Waals surface area contributed by atoms with Crippen molar-refractivity contribution in [3.63, 3.8) is 0 Å². The van der Waals surface area contributed by atoms with Gasteiger partial charge in [-0.05, 0) is 18.9 Å². The van der Waals surface area contributed by atoms with Crippen molar-refractivity contribution >= 4 is 5.91 Å². The molecule has 6 nitrogen and oxygen atoms in total. The number of aliphatic hydroxyl groups is 1. The predicted molar refractivity (Wildman–Crippen MR) is 82.3 cm³/mol. The highest BCUT2D eigenvalue weighted by molar-refractivity contribution is 5.92. The molecule has 2 aliphatic rings. The molecule has 0 spiro atoms. The molecule has 2 atom stereocenters. The van der Waals surface area contributed by atoms with E-state index in [1.165, 1.54) is 24.8 Å². The SMILES string of the molecule is O=C(c1cnccn1)N1[C@@H]2CC[C@@H]1CC(O)(c1cccnc1F)C2. The number of carbonyl (C=O) groups excluding carboxylic acids is 1. The molecule has 0 radical (unpaired) electrons. The predicted octanol–water partition coefficient (Wildman–Crippen LogP) is 1.67. The van der Waals surface area contributed by atoms with Crippen molar-refractivity contribution in [1.29, 1.82) is 0 Å². The van der Waals surface area contributed by atoms with Crippen LogP contribution >= 0.6 is 0 Å². The summed E-state index contributed by atoms with van der Waals surface area (Å²) in [6.45, 7) is 0. The minimum atomic E-state index is -1.29. The second-order valence-electron chi connectivity index (χ2n) is 6.47. The molecule has 2 saturated heterocycles. The summed E-state index contributed by atoms with van der Waals surface area (Å²) in [4.78, 5) is 26.2. The molecule has 2 aromatic rings. The van der Waals surface area contributed by atoms with Gasteiger partial charge in [-0.15, -0.1) is 0 Å². The highest BCUT2D eigenvalue weighted by Gasteiger charge is 2.51. The van der Waals surface area contributed by atoms with Gasteiger partial charge in [0.25, 0.3) is 5.91 Å². The van der Waals surface area contributed by atoms with Gasteiger partial charge in [0, 0.05) is 49.1 Å². The minimum Gasteiger partial charge on any atom is -0.385 e. The van der Waals surface area contributed by atoms with Gasteiger partial charge in [-0.1, -0.05) is 6.07 Å². The van der Waals surface area contributed by atoms with E-state index < -0.39 is 11.5 Å². The number of piperidine rings is 1. The average molecular weight is 328 g/mol. The Hall–Kier alpha value is -2.41. The molecule has 7 heteroatoms. The van der Waals surface area contributed by atoms with E-state index in [1.54, 1.807) is 17.0 Å². The van der Waals surface area contributed by atoms with Crippen molar-refractivity contribution in [2.45, 2.75) is 43.4 Å². The molecule has 1 N–H and O–H groups in total. The van der Waals surface area contributed by atoms with Crippen LogP contribution in [0.15, 0.2) is 36.9 Å². The Morgan fingerprint density at radius 1 is 1.21 bits per heavy atom. The second-order valence-corrected chi connectivity index (χ2v) is 6.47. The van der Waals surface area contributed by atoms with E-state index in [9.17, 15) is 14.3 Å². The van der Waals surface area contributed by atoms with Gasteiger partial charge in [0.1, 0.15) is 5.69 Å². The van der Waals surface area contributed by atoms with Crippen LogP contribution in [0.1, 0.15) is 41.7 Å². The molecule has 2 fully saturated rings. The van der Waals surface area contributed by atoms with E-state index in [-0.39, 0.29) is 23.6 Å². The van der Waals surface area contributed by atoms with Gasteiger partial charge in [0.2, 0.25) is 5.95 Å². The molecule has 0 unspecified atom stereocenters. The Morgan fingerprint density at radius 3 is 2.58 bits per heavy atom. The monoisotopic (exact) mass is 328 g/mol. The first-order valence-corrected chi connectivity index (χ1v) is 8.00. The maximum absolute atomic E-state index is 14.0. The van der Waals surface area contributed by atoms with E-state index in [4.69, 9.17) is 0 Å². The molecule has 1 amide bonds. The number of hydrogen-bond donors (Lipinski definition) is 1. The minimum absolute atomic E-state index is 0.136. The standard InChI is InChI=1S/C17H17FN4O2/c18-15-13(2-1-5-21-15)17(24)8-11-3-4-12(9-17)22(11)16(23)14-10-19-6-7-20-14/h1-2,5-7,10-12,24H,3-4,8-9H2/t11-,12-/m1/s1. The van der Waals surface area contributed by atoms with Crippen molar-refractivity contribution in [1.82, 2.24) is 19.9 Å². The molecule has 124 valence electrons. The van der Waals surface area contributed by atoms with Crippen LogP contribution in [0.5, 0.6) is 0 Å². The maximum Gasteiger partial charge on any atom is 0.274 e. The number of rotatable bonds is 2. The third kappa shape index (κ3) is 2.36. The summed E-state index contributed by atoms with van der Waals surface area (Å²) in [5.41, 5.74) is -0.774. The lowest BCUT2D eigenvalue weighted by Gasteiger charge is -2.43. The summed E-state index contributed by atoms with van der Waals surface area (Å²) in [6, 6.07) is 2.92. The number of aromatic nitrogens is 3. The van der Waals surface area contributed by atoms with Crippen LogP contribution in [0.2, 0.25) is 0 Å². The van der Waals surface area contributed by atoms with Gasteiger partial charge in [0.05, 0.1) is 11.8 Å². The normalized spacial score (nSPS) is 28.8. The van der Waals surface area contributed by atoms with Crippen LogP contribution in [0.25, 0.3) is 0 Å². The summed E-state index contributed by atoms with van der Waals surface area (Å²) in [5.74, 6) is -0.822. The number of hydrogen-bond acceptors (Lipinski definition) is 5. The van der Waals surface area contributed by atoms with Gasteiger partial charge in [-0.2, -0.15) is 4.39 Å². The lowest BCUT2D eigenvalue weighted by molar-refractivity contribution is -0.0505. The van der Waals surface area contributed by atoms with Crippen molar-refractivity contribution in [3.8, 4) is 0 Å². The quantitative estimate of drug-likeness (QED) is 0.848. The largest absolute Gasteiger partial charge is 0.385 e. The second kappa shape index (κ2) is 5.59. The first-order chi connectivity index (χ1) is 11.6. The Morgan fingerprint density at radius 2 is 1.96 bits per heavy atom. The first-order valence-electron chi connectivity index (χ1n) is 8.00. The topological polar surface area (TPSA) is 79.2 Å². The molecule has 2 aliphatic heterocycles. The molecular weight excluding hydrogens is 311 g/mol. The molecule has 2 aromatic heterocycles. The van der Waals surface area contributed by atoms with Crippen molar-refractivity contribution in [2.24, 2.45) is 0 Å². The fourth-order valence-corrected chi connectivity index (χ4v) is 4.05. The maximum atomic E-state index is 14.0. The highest BCUT2D eigenvalue weighted by atomic mass is 19.1. The molecule has 24 heavy (non-hydrogen) atoms. The van der Waals surface area contributed by atoms with Gasteiger partial charge in [0.15, 0.2) is 0 Å². The van der Waals surface area contributed by atoms with E-state index >= 15 is 0 Å². The zero-order chi connectivity index (χ0) is 16.7. The third-order valence-electron chi connectivity index (χ3n) is 5.04. The van der Waals surface area contributed by atoms with Crippen LogP contribution in [0.4, 0.5) is 4.39 Å². The fraction of sp³-hybridized carbons (Fsp3) is 0.412. The van der Waals surface area contributed by atoms with Crippen LogP contribution in [-0.4, -0.2) is 42.9 Å². The number of nitrogens with zero attached hydrogens (tertiary/aromatic N) is 4. The molecule has 4 rings (SSSR count). The summed E-state index contributed by atoms with van der Waals surface area (Å²) >= 11 is 0. The smallest absolute Gasteiger partial charge is 0.274 e. The molecular formula is C17H17FN4O2. The van der Waals surface area contributed by atoms with Gasteiger partial charge >= 0.3 is 0 Å². The average Bonchev–Trinajstić information content (AvgIpc) is 2.87. The lowest BCUT2D eigenvalue weighted by Crippen LogP contribution is -2.52. The highest BCUT2D eigenvalue weighted by Crippen LogP contribution is 2.46. The molecule has 0 saturated carbocycles. The number of amides is 1. The first kappa shape index (κ1) is 15.1. The Kier molecular flexibility index (Phi) is 3.53. The van der Waals surface area contributed by atoms with E-state index in [1.807, 2.05) is 0 Å². The number of carbonyl (C=O) groups is 1. The number of pyridine rings is 1. The Balaban J connectivity index is 1.62. The molecule has 2 bridgehead atoms. The summed E-state index contributed by atoms with van der Waals surface area (Å²) in [5, 5.41) is 11.0. The zero-order valence-electron chi connectivity index (χ0n) is 13.0. The van der Waals surface area contributed by atoms with Gasteiger partial charge in [-0.3, -0.25) is 9.78 Å².